The van der Waals surface area contributed by atoms with Gasteiger partial charge in [0.25, 0.3) is 10.0 Å². The first-order valence-corrected chi connectivity index (χ1v) is 14.5. The number of hydrogen-bond acceptors (Lipinski definition) is 5. The fourth-order valence-electron chi connectivity index (χ4n) is 3.83. The standard InChI is InChI=1S/C28H31Cl2N3O5S/c1-4-17-31-28(35)20(2)32(18-24-25(29)11-8-12-26(24)30)27(34)19-33(21-13-15-22(38-3)16-14-21)39(36,37)23-9-6-5-7-10-23/h5-16,20H,4,17-19H2,1-3H3,(H,31,35)/t20-/m1/s1. The van der Waals surface area contributed by atoms with Gasteiger partial charge in [-0.1, -0.05) is 54.4 Å². The zero-order valence-corrected chi connectivity index (χ0v) is 24.3. The second kappa shape index (κ2) is 13.7. The van der Waals surface area contributed by atoms with E-state index in [1.54, 1.807) is 67.6 Å². The van der Waals surface area contributed by atoms with Crippen LogP contribution in [-0.2, 0) is 26.2 Å². The lowest BCUT2D eigenvalue weighted by Crippen LogP contribution is -2.51. The van der Waals surface area contributed by atoms with E-state index < -0.39 is 28.5 Å². The number of halogens is 2. The number of nitrogens with one attached hydrogen (secondary N) is 1. The molecule has 39 heavy (non-hydrogen) atoms. The van der Waals surface area contributed by atoms with E-state index in [4.69, 9.17) is 27.9 Å². The number of nitrogens with zero attached hydrogens (tertiary/aromatic N) is 2. The second-order valence-corrected chi connectivity index (χ2v) is 11.4. The fourth-order valence-corrected chi connectivity index (χ4v) is 5.78. The molecular formula is C28H31Cl2N3O5S. The lowest BCUT2D eigenvalue weighted by atomic mass is 10.1. The van der Waals surface area contributed by atoms with Gasteiger partial charge in [-0.25, -0.2) is 8.42 Å². The zero-order chi connectivity index (χ0) is 28.6. The summed E-state index contributed by atoms with van der Waals surface area (Å²) in [5, 5.41) is 3.44. The Bertz CT molecular complexity index is 1370. The van der Waals surface area contributed by atoms with Crippen LogP contribution in [0.1, 0.15) is 25.8 Å². The van der Waals surface area contributed by atoms with Crippen molar-refractivity contribution in [3.8, 4) is 5.75 Å². The summed E-state index contributed by atoms with van der Waals surface area (Å²) in [5.74, 6) is -0.464. The maximum atomic E-state index is 13.9. The van der Waals surface area contributed by atoms with Gasteiger partial charge in [-0.2, -0.15) is 0 Å². The van der Waals surface area contributed by atoms with Crippen molar-refractivity contribution in [2.75, 3.05) is 24.5 Å². The normalized spacial score (nSPS) is 11.9. The van der Waals surface area contributed by atoms with Crippen molar-refractivity contribution in [3.05, 3.63) is 88.4 Å². The molecule has 3 aromatic carbocycles. The summed E-state index contributed by atoms with van der Waals surface area (Å²) in [6.45, 7) is 3.25. The maximum absolute atomic E-state index is 13.9. The lowest BCUT2D eigenvalue weighted by Gasteiger charge is -2.32. The highest BCUT2D eigenvalue weighted by Gasteiger charge is 2.33. The molecule has 8 nitrogen and oxygen atoms in total. The second-order valence-electron chi connectivity index (χ2n) is 8.71. The molecule has 0 saturated carbocycles. The third-order valence-electron chi connectivity index (χ3n) is 6.08. The highest BCUT2D eigenvalue weighted by molar-refractivity contribution is 7.92. The first-order chi connectivity index (χ1) is 18.6. The Kier molecular flexibility index (Phi) is 10.6. The van der Waals surface area contributed by atoms with Gasteiger partial charge in [0.2, 0.25) is 11.8 Å². The van der Waals surface area contributed by atoms with Crippen LogP contribution in [0.4, 0.5) is 5.69 Å². The van der Waals surface area contributed by atoms with Gasteiger partial charge >= 0.3 is 0 Å². The molecule has 0 aliphatic heterocycles. The van der Waals surface area contributed by atoms with Crippen LogP contribution in [0, 0.1) is 0 Å². The monoisotopic (exact) mass is 591 g/mol. The number of hydrogen-bond donors (Lipinski definition) is 1. The molecule has 2 amide bonds. The summed E-state index contributed by atoms with van der Waals surface area (Å²) < 4.78 is 33.7. The van der Waals surface area contributed by atoms with Gasteiger partial charge in [0.05, 0.1) is 17.7 Å². The van der Waals surface area contributed by atoms with Crippen molar-refractivity contribution in [3.63, 3.8) is 0 Å². The molecule has 0 aromatic heterocycles. The highest BCUT2D eigenvalue weighted by Crippen LogP contribution is 2.29. The van der Waals surface area contributed by atoms with Crippen LogP contribution in [-0.4, -0.2) is 51.4 Å². The number of ether oxygens (including phenoxy) is 1. The Balaban J connectivity index is 2.05. The van der Waals surface area contributed by atoms with Crippen LogP contribution in [0.25, 0.3) is 0 Å². The first kappa shape index (κ1) is 30.3. The summed E-state index contributed by atoms with van der Waals surface area (Å²) in [6.07, 6.45) is 0.712. The molecule has 0 bridgehead atoms. The van der Waals surface area contributed by atoms with E-state index in [9.17, 15) is 18.0 Å². The smallest absolute Gasteiger partial charge is 0.264 e. The van der Waals surface area contributed by atoms with Crippen LogP contribution in [0.3, 0.4) is 0 Å². The van der Waals surface area contributed by atoms with E-state index in [0.717, 1.165) is 4.31 Å². The molecular weight excluding hydrogens is 561 g/mol. The minimum Gasteiger partial charge on any atom is -0.497 e. The number of amides is 2. The molecule has 0 spiro atoms. The van der Waals surface area contributed by atoms with E-state index >= 15 is 0 Å². The summed E-state index contributed by atoms with van der Waals surface area (Å²) in [7, 11) is -2.66. The Morgan fingerprint density at radius 2 is 1.56 bits per heavy atom. The number of benzene rings is 3. The fraction of sp³-hybridized carbons (Fsp3) is 0.286. The average molecular weight is 593 g/mol. The van der Waals surface area contributed by atoms with Crippen molar-refractivity contribution < 1.29 is 22.7 Å². The van der Waals surface area contributed by atoms with Crippen LogP contribution >= 0.6 is 23.2 Å². The zero-order valence-electron chi connectivity index (χ0n) is 21.9. The maximum Gasteiger partial charge on any atom is 0.264 e. The average Bonchev–Trinajstić information content (AvgIpc) is 2.94. The van der Waals surface area contributed by atoms with Gasteiger partial charge < -0.3 is 15.0 Å². The van der Waals surface area contributed by atoms with Gasteiger partial charge in [-0.15, -0.1) is 0 Å². The van der Waals surface area contributed by atoms with Crippen molar-refractivity contribution in [2.45, 2.75) is 37.8 Å². The molecule has 1 atom stereocenters. The largest absolute Gasteiger partial charge is 0.497 e. The summed E-state index contributed by atoms with van der Waals surface area (Å²) in [6, 6.07) is 18.2. The summed E-state index contributed by atoms with van der Waals surface area (Å²) in [4.78, 5) is 28.1. The predicted octanol–water partition coefficient (Wildman–Crippen LogP) is 5.14. The van der Waals surface area contributed by atoms with Gasteiger partial charge in [0.15, 0.2) is 0 Å². The molecule has 0 aliphatic rings. The summed E-state index contributed by atoms with van der Waals surface area (Å²) >= 11 is 12.8. The molecule has 3 rings (SSSR count). The van der Waals surface area contributed by atoms with E-state index in [0.29, 0.717) is 34.3 Å². The molecule has 208 valence electrons. The molecule has 11 heteroatoms. The van der Waals surface area contributed by atoms with Crippen LogP contribution in [0.15, 0.2) is 77.7 Å². The quantitative estimate of drug-likeness (QED) is 0.314. The third-order valence-corrected chi connectivity index (χ3v) is 8.57. The molecule has 0 heterocycles. The molecule has 1 N–H and O–H groups in total. The van der Waals surface area contributed by atoms with E-state index in [2.05, 4.69) is 5.32 Å². The topological polar surface area (TPSA) is 96.0 Å². The summed E-state index contributed by atoms with van der Waals surface area (Å²) in [5.41, 5.74) is 0.707. The van der Waals surface area contributed by atoms with Crippen molar-refractivity contribution in [2.24, 2.45) is 0 Å². The first-order valence-electron chi connectivity index (χ1n) is 12.3. The van der Waals surface area contributed by atoms with Crippen LogP contribution in [0.5, 0.6) is 5.75 Å². The van der Waals surface area contributed by atoms with Crippen LogP contribution < -0.4 is 14.4 Å². The van der Waals surface area contributed by atoms with Crippen molar-refractivity contribution >= 4 is 50.7 Å². The number of rotatable bonds is 12. The van der Waals surface area contributed by atoms with Crippen LogP contribution in [0.2, 0.25) is 10.0 Å². The van der Waals surface area contributed by atoms with Gasteiger partial charge in [0.1, 0.15) is 18.3 Å². The van der Waals surface area contributed by atoms with Crippen molar-refractivity contribution in [1.29, 1.82) is 0 Å². The van der Waals surface area contributed by atoms with E-state index in [-0.39, 0.29) is 23.0 Å². The van der Waals surface area contributed by atoms with E-state index in [1.165, 1.54) is 24.1 Å². The number of sulfonamides is 1. The Hall–Kier alpha value is -3.27. The lowest BCUT2D eigenvalue weighted by molar-refractivity contribution is -0.139. The molecule has 3 aromatic rings. The van der Waals surface area contributed by atoms with Gasteiger partial charge in [-0.05, 0) is 61.9 Å². The Labute approximate surface area is 239 Å². The third kappa shape index (κ3) is 7.44. The van der Waals surface area contributed by atoms with Gasteiger partial charge in [-0.3, -0.25) is 13.9 Å². The SMILES string of the molecule is CCCNC(=O)[C@@H](C)N(Cc1c(Cl)cccc1Cl)C(=O)CN(c1ccc(OC)cc1)S(=O)(=O)c1ccccc1. The molecule has 0 aliphatic carbocycles. The molecule has 0 saturated heterocycles. The number of anilines is 1. The van der Waals surface area contributed by atoms with Gasteiger partial charge in [0, 0.05) is 28.7 Å². The number of carbonyl (C=O) groups is 2. The Morgan fingerprint density at radius 1 is 0.949 bits per heavy atom. The number of carbonyl (C=O) groups excluding carboxylic acids is 2. The molecule has 0 fully saturated rings. The van der Waals surface area contributed by atoms with Crippen molar-refractivity contribution in [1.82, 2.24) is 10.2 Å². The minimum atomic E-state index is -4.16. The van der Waals surface area contributed by atoms with E-state index in [1.807, 2.05) is 6.92 Å². The number of methoxy groups -OCH3 is 1. The molecule has 0 radical (unpaired) electrons. The molecule has 0 unspecified atom stereocenters. The predicted molar refractivity (Wildman–Crippen MR) is 154 cm³/mol. The highest BCUT2D eigenvalue weighted by atomic mass is 35.5. The minimum absolute atomic E-state index is 0.0167. The Morgan fingerprint density at radius 3 is 2.13 bits per heavy atom.